The summed E-state index contributed by atoms with van der Waals surface area (Å²) < 4.78 is 4.45. The van der Waals surface area contributed by atoms with Crippen LogP contribution < -0.4 is 0 Å². The molecule has 2 aromatic rings. The van der Waals surface area contributed by atoms with Crippen molar-refractivity contribution >= 4 is 23.7 Å². The molecule has 0 aromatic heterocycles. The average molecular weight is 296 g/mol. The lowest BCUT2D eigenvalue weighted by molar-refractivity contribution is 0.0443. The summed E-state index contributed by atoms with van der Waals surface area (Å²) in [5.41, 5.74) is 0.0788. The topological polar surface area (TPSA) is 97.7 Å². The van der Waals surface area contributed by atoms with Crippen LogP contribution in [-0.2, 0) is 4.74 Å². The summed E-state index contributed by atoms with van der Waals surface area (Å²) in [5, 5.41) is 9.12. The maximum absolute atomic E-state index is 12.5. The van der Waals surface area contributed by atoms with Crippen LogP contribution in [0, 0.1) is 0 Å². The zero-order valence-electron chi connectivity index (χ0n) is 11.0. The van der Waals surface area contributed by atoms with Gasteiger partial charge in [-0.1, -0.05) is 24.3 Å². The monoisotopic (exact) mass is 296 g/mol. The molecule has 1 aliphatic heterocycles. The van der Waals surface area contributed by atoms with Crippen molar-refractivity contribution in [3.63, 3.8) is 0 Å². The summed E-state index contributed by atoms with van der Waals surface area (Å²) in [4.78, 5) is 46.5. The molecule has 1 aliphatic rings. The summed E-state index contributed by atoms with van der Waals surface area (Å²) in [6.45, 7) is 0. The maximum Gasteiger partial charge on any atom is 0.346 e. The van der Waals surface area contributed by atoms with Gasteiger partial charge in [0.1, 0.15) is 0 Å². The quantitative estimate of drug-likeness (QED) is 0.528. The van der Waals surface area contributed by atoms with Crippen LogP contribution in [0.5, 0.6) is 0 Å². The molecule has 22 heavy (non-hydrogen) atoms. The summed E-state index contributed by atoms with van der Waals surface area (Å²) in [6, 6.07) is 9.69. The second-order valence-electron chi connectivity index (χ2n) is 4.62. The Kier molecular flexibility index (Phi) is 3.06. The molecule has 0 saturated heterocycles. The third-order valence-electron chi connectivity index (χ3n) is 3.31. The molecule has 1 heterocycles. The van der Waals surface area contributed by atoms with Gasteiger partial charge in [-0.15, -0.1) is 0 Å². The highest BCUT2D eigenvalue weighted by Crippen LogP contribution is 2.23. The van der Waals surface area contributed by atoms with Crippen molar-refractivity contribution in [2.45, 2.75) is 0 Å². The van der Waals surface area contributed by atoms with Gasteiger partial charge in [-0.05, 0) is 18.2 Å². The predicted molar refractivity (Wildman–Crippen MR) is 73.0 cm³/mol. The second kappa shape index (κ2) is 4.92. The van der Waals surface area contributed by atoms with E-state index in [1.807, 2.05) is 0 Å². The van der Waals surface area contributed by atoms with Gasteiger partial charge < -0.3 is 9.84 Å². The van der Waals surface area contributed by atoms with E-state index in [0.29, 0.717) is 0 Å². The average Bonchev–Trinajstić information content (AvgIpc) is 2.81. The molecular weight excluding hydrogens is 288 g/mol. The van der Waals surface area contributed by atoms with Gasteiger partial charge in [0.2, 0.25) is 0 Å². The molecular formula is C16H8O6. The van der Waals surface area contributed by atoms with Crippen molar-refractivity contribution in [2.75, 3.05) is 0 Å². The molecule has 0 aliphatic carbocycles. The number of hydrogen-bond acceptors (Lipinski definition) is 5. The van der Waals surface area contributed by atoms with Crippen LogP contribution in [-0.4, -0.2) is 28.8 Å². The largest absolute Gasteiger partial charge is 0.478 e. The van der Waals surface area contributed by atoms with Crippen LogP contribution in [0.1, 0.15) is 47.0 Å². The third kappa shape index (κ3) is 2.07. The lowest BCUT2D eigenvalue weighted by atomic mass is 9.96. The standard InChI is InChI=1S/C16H8O6/c17-13(9-3-1-2-4-10(9)14(18)19)8-5-6-11-12(7-8)16(21)22-15(11)20/h1-7H,(H,18,19). The first-order valence-electron chi connectivity index (χ1n) is 6.26. The van der Waals surface area contributed by atoms with Crippen molar-refractivity contribution < 1.29 is 29.0 Å². The van der Waals surface area contributed by atoms with E-state index in [1.54, 1.807) is 6.07 Å². The van der Waals surface area contributed by atoms with Gasteiger partial charge in [-0.3, -0.25) is 4.79 Å². The Hall–Kier alpha value is -3.28. The van der Waals surface area contributed by atoms with E-state index >= 15 is 0 Å². The van der Waals surface area contributed by atoms with Crippen molar-refractivity contribution in [1.29, 1.82) is 0 Å². The van der Waals surface area contributed by atoms with Crippen molar-refractivity contribution in [1.82, 2.24) is 0 Å². The number of carboxylic acids is 1. The van der Waals surface area contributed by atoms with E-state index in [9.17, 15) is 19.2 Å². The Balaban J connectivity index is 2.08. The highest BCUT2D eigenvalue weighted by atomic mass is 16.6. The number of carbonyl (C=O) groups excluding carboxylic acids is 3. The number of hydrogen-bond donors (Lipinski definition) is 1. The van der Waals surface area contributed by atoms with Gasteiger partial charge in [0.05, 0.1) is 16.7 Å². The van der Waals surface area contributed by atoms with Gasteiger partial charge >= 0.3 is 17.9 Å². The number of ketones is 1. The normalized spacial score (nSPS) is 12.7. The number of cyclic esters (lactones) is 2. The van der Waals surface area contributed by atoms with Gasteiger partial charge in [0, 0.05) is 11.1 Å². The molecule has 3 rings (SSSR count). The first-order chi connectivity index (χ1) is 10.5. The molecule has 0 spiro atoms. The maximum atomic E-state index is 12.5. The van der Waals surface area contributed by atoms with Crippen LogP contribution in [0.2, 0.25) is 0 Å². The summed E-state index contributed by atoms with van der Waals surface area (Å²) in [7, 11) is 0. The molecule has 6 heteroatoms. The van der Waals surface area contributed by atoms with Crippen molar-refractivity contribution in [3.05, 3.63) is 70.3 Å². The number of fused-ring (bicyclic) bond motifs is 1. The number of carboxylic acid groups (broad SMARTS) is 1. The van der Waals surface area contributed by atoms with E-state index in [2.05, 4.69) is 4.74 Å². The van der Waals surface area contributed by atoms with E-state index < -0.39 is 23.7 Å². The molecule has 0 atom stereocenters. The minimum absolute atomic E-state index is 0.00339. The van der Waals surface area contributed by atoms with Gasteiger partial charge in [-0.25, -0.2) is 14.4 Å². The van der Waals surface area contributed by atoms with Gasteiger partial charge in [0.15, 0.2) is 5.78 Å². The van der Waals surface area contributed by atoms with Crippen molar-refractivity contribution in [3.8, 4) is 0 Å². The fraction of sp³-hybridized carbons (Fsp3) is 0. The minimum atomic E-state index is -1.22. The molecule has 108 valence electrons. The minimum Gasteiger partial charge on any atom is -0.478 e. The molecule has 0 saturated carbocycles. The van der Waals surface area contributed by atoms with E-state index in [4.69, 9.17) is 5.11 Å². The molecule has 2 aromatic carbocycles. The molecule has 6 nitrogen and oxygen atoms in total. The van der Waals surface area contributed by atoms with Crippen LogP contribution in [0.15, 0.2) is 42.5 Å². The number of esters is 2. The zero-order valence-corrected chi connectivity index (χ0v) is 11.0. The number of ether oxygens (including phenoxy) is 1. The molecule has 0 amide bonds. The summed E-state index contributed by atoms with van der Waals surface area (Å²) >= 11 is 0. The molecule has 0 bridgehead atoms. The predicted octanol–water partition coefficient (Wildman–Crippen LogP) is 1.93. The van der Waals surface area contributed by atoms with Crippen LogP contribution in [0.3, 0.4) is 0 Å². The van der Waals surface area contributed by atoms with Gasteiger partial charge in [-0.2, -0.15) is 0 Å². The smallest absolute Gasteiger partial charge is 0.346 e. The zero-order chi connectivity index (χ0) is 15.9. The van der Waals surface area contributed by atoms with E-state index in [1.165, 1.54) is 36.4 Å². The lowest BCUT2D eigenvalue weighted by Gasteiger charge is -2.05. The Morgan fingerprint density at radius 1 is 0.864 bits per heavy atom. The Bertz CT molecular complexity index is 849. The number of aromatic carboxylic acids is 1. The van der Waals surface area contributed by atoms with E-state index in [-0.39, 0.29) is 27.8 Å². The highest BCUT2D eigenvalue weighted by molar-refractivity contribution is 6.18. The Morgan fingerprint density at radius 3 is 2.18 bits per heavy atom. The van der Waals surface area contributed by atoms with Crippen LogP contribution in [0.4, 0.5) is 0 Å². The number of benzene rings is 2. The van der Waals surface area contributed by atoms with Crippen LogP contribution >= 0.6 is 0 Å². The molecule has 0 radical (unpaired) electrons. The third-order valence-corrected chi connectivity index (χ3v) is 3.31. The molecule has 0 unspecified atom stereocenters. The SMILES string of the molecule is O=C(O)c1ccccc1C(=O)c1ccc2c(c1)C(=O)OC2=O. The van der Waals surface area contributed by atoms with Crippen LogP contribution in [0.25, 0.3) is 0 Å². The Labute approximate surface area is 123 Å². The fourth-order valence-corrected chi connectivity index (χ4v) is 2.25. The van der Waals surface area contributed by atoms with E-state index in [0.717, 1.165) is 0 Å². The first kappa shape index (κ1) is 13.7. The van der Waals surface area contributed by atoms with Crippen molar-refractivity contribution in [2.24, 2.45) is 0 Å². The molecule has 0 fully saturated rings. The Morgan fingerprint density at radius 2 is 1.50 bits per heavy atom. The number of rotatable bonds is 3. The first-order valence-corrected chi connectivity index (χ1v) is 6.26. The summed E-state index contributed by atoms with van der Waals surface area (Å²) in [5.74, 6) is -3.35. The molecule has 1 N–H and O–H groups in total. The lowest BCUT2D eigenvalue weighted by Crippen LogP contribution is -2.10. The second-order valence-corrected chi connectivity index (χ2v) is 4.62. The summed E-state index contributed by atoms with van der Waals surface area (Å²) in [6.07, 6.45) is 0. The van der Waals surface area contributed by atoms with Gasteiger partial charge in [0.25, 0.3) is 0 Å². The number of carbonyl (C=O) groups is 4. The fourth-order valence-electron chi connectivity index (χ4n) is 2.25. The highest BCUT2D eigenvalue weighted by Gasteiger charge is 2.30.